The van der Waals surface area contributed by atoms with Crippen LogP contribution in [0.3, 0.4) is 0 Å². The van der Waals surface area contributed by atoms with Gasteiger partial charge in [-0.2, -0.15) is 13.2 Å². The summed E-state index contributed by atoms with van der Waals surface area (Å²) in [6, 6.07) is 3.50. The molecule has 176 valence electrons. The van der Waals surface area contributed by atoms with Crippen LogP contribution in [-0.4, -0.2) is 58.9 Å². The molecule has 32 heavy (non-hydrogen) atoms. The lowest BCUT2D eigenvalue weighted by Crippen LogP contribution is -2.50. The molecule has 7 nitrogen and oxygen atoms in total. The van der Waals surface area contributed by atoms with Gasteiger partial charge in [0.15, 0.2) is 0 Å². The van der Waals surface area contributed by atoms with E-state index in [0.717, 1.165) is 18.9 Å². The maximum Gasteiger partial charge on any atom is 0.418 e. The van der Waals surface area contributed by atoms with Crippen LogP contribution < -0.4 is 10.2 Å². The van der Waals surface area contributed by atoms with E-state index in [2.05, 4.69) is 0 Å². The minimum atomic E-state index is -4.66. The molecule has 1 atom stereocenters. The van der Waals surface area contributed by atoms with Gasteiger partial charge < -0.3 is 20.0 Å². The lowest BCUT2D eigenvalue weighted by atomic mass is 9.78. The number of nitrogens with zero attached hydrogens (tertiary/aromatic N) is 2. The summed E-state index contributed by atoms with van der Waals surface area (Å²) in [6.07, 6.45) is -1.71. The Bertz CT molecular complexity index is 886. The lowest BCUT2D eigenvalue weighted by Gasteiger charge is -2.42. The number of anilines is 2. The highest BCUT2D eigenvalue weighted by molar-refractivity contribution is 5.87. The summed E-state index contributed by atoms with van der Waals surface area (Å²) in [6.45, 7) is 1.22. The predicted molar refractivity (Wildman–Crippen MR) is 112 cm³/mol. The molecule has 2 aliphatic heterocycles. The topological polar surface area (TPSA) is 93.1 Å². The van der Waals surface area contributed by atoms with Gasteiger partial charge >= 0.3 is 12.3 Å². The summed E-state index contributed by atoms with van der Waals surface area (Å²) in [5, 5.41) is 20.6. The summed E-state index contributed by atoms with van der Waals surface area (Å²) >= 11 is 0. The largest absolute Gasteiger partial charge is 0.465 e. The highest BCUT2D eigenvalue weighted by atomic mass is 19.4. The zero-order valence-corrected chi connectivity index (χ0v) is 17.7. The van der Waals surface area contributed by atoms with Crippen LogP contribution in [0.25, 0.3) is 0 Å². The van der Waals surface area contributed by atoms with Crippen LogP contribution in [0.15, 0.2) is 18.2 Å². The van der Waals surface area contributed by atoms with Crippen LogP contribution in [0.5, 0.6) is 0 Å². The summed E-state index contributed by atoms with van der Waals surface area (Å²) in [5.41, 5.74) is -1.79. The Labute approximate surface area is 184 Å². The van der Waals surface area contributed by atoms with Crippen molar-refractivity contribution < 1.29 is 33.0 Å². The molecular formula is C22H28F3N3O4. The number of amides is 2. The van der Waals surface area contributed by atoms with Crippen molar-refractivity contribution in [3.05, 3.63) is 23.8 Å². The highest BCUT2D eigenvalue weighted by Gasteiger charge is 2.51. The number of alkyl halides is 3. The molecular weight excluding hydrogens is 427 g/mol. The van der Waals surface area contributed by atoms with Gasteiger partial charge in [-0.05, 0) is 63.1 Å². The number of aliphatic hydroxyl groups excluding tert-OH is 1. The molecule has 0 bridgehead atoms. The molecule has 2 amide bonds. The van der Waals surface area contributed by atoms with E-state index in [4.69, 9.17) is 5.11 Å². The predicted octanol–water partition coefficient (Wildman–Crippen LogP) is 3.92. The average molecular weight is 455 g/mol. The number of aliphatic hydroxyl groups is 1. The summed E-state index contributed by atoms with van der Waals surface area (Å²) < 4.78 is 41.4. The fraction of sp³-hybridized carbons (Fsp3) is 0.636. The minimum absolute atomic E-state index is 0.0151. The van der Waals surface area contributed by atoms with Crippen LogP contribution in [0, 0.1) is 5.41 Å². The van der Waals surface area contributed by atoms with Gasteiger partial charge in [0.05, 0.1) is 17.1 Å². The number of hydrogen-bond acceptors (Lipinski definition) is 4. The van der Waals surface area contributed by atoms with E-state index in [-0.39, 0.29) is 36.0 Å². The van der Waals surface area contributed by atoms with Crippen molar-refractivity contribution in [3.8, 4) is 0 Å². The molecule has 1 spiro atoms. The van der Waals surface area contributed by atoms with Crippen molar-refractivity contribution in [1.82, 2.24) is 4.90 Å². The standard InChI is InChI=1S/C22H28F3N3O4/c23-22(24,25)17-12-14(26-20(31)32)2-7-18(17)27-10-1-8-21(13-27)9-11-28(19(21)30)15-3-5-16(29)6-4-15/h2,7,12,15-16,26,29H,1,3-6,8-11,13H2,(H,31,32)/t15-,16-,21-/m1/s1. The Morgan fingerprint density at radius 2 is 1.84 bits per heavy atom. The SMILES string of the molecule is O=C(O)Nc1ccc(N2CCC[C@@]3(CCN([C@H]4CC[C@H](O)CC4)C3=O)C2)c(C(F)(F)F)c1. The third-order valence-electron chi connectivity index (χ3n) is 7.12. The van der Waals surface area contributed by atoms with E-state index >= 15 is 0 Å². The van der Waals surface area contributed by atoms with E-state index in [9.17, 15) is 27.9 Å². The van der Waals surface area contributed by atoms with Gasteiger partial charge in [-0.15, -0.1) is 0 Å². The third-order valence-corrected chi connectivity index (χ3v) is 7.12. The van der Waals surface area contributed by atoms with Crippen molar-refractivity contribution in [3.63, 3.8) is 0 Å². The van der Waals surface area contributed by atoms with Gasteiger partial charge in [0.2, 0.25) is 5.91 Å². The monoisotopic (exact) mass is 455 g/mol. The molecule has 0 radical (unpaired) electrons. The first-order valence-electron chi connectivity index (χ1n) is 11.0. The Morgan fingerprint density at radius 3 is 2.50 bits per heavy atom. The second kappa shape index (κ2) is 8.46. The van der Waals surface area contributed by atoms with E-state index in [1.54, 1.807) is 4.90 Å². The second-order valence-corrected chi connectivity index (χ2v) is 9.18. The Morgan fingerprint density at radius 1 is 1.12 bits per heavy atom. The zero-order valence-electron chi connectivity index (χ0n) is 17.7. The van der Waals surface area contributed by atoms with E-state index < -0.39 is 23.2 Å². The molecule has 3 fully saturated rings. The zero-order chi connectivity index (χ0) is 23.1. The maximum atomic E-state index is 13.8. The summed E-state index contributed by atoms with van der Waals surface area (Å²) in [7, 11) is 0. The number of carbonyl (C=O) groups is 2. The van der Waals surface area contributed by atoms with Crippen LogP contribution in [-0.2, 0) is 11.0 Å². The molecule has 1 aromatic rings. The second-order valence-electron chi connectivity index (χ2n) is 9.18. The maximum absolute atomic E-state index is 13.8. The van der Waals surface area contributed by atoms with Crippen LogP contribution in [0.4, 0.5) is 29.3 Å². The first-order valence-corrected chi connectivity index (χ1v) is 11.0. The summed E-state index contributed by atoms with van der Waals surface area (Å²) in [5.74, 6) is 0.0151. The van der Waals surface area contributed by atoms with Gasteiger partial charge in [0.25, 0.3) is 0 Å². The number of benzene rings is 1. The molecule has 10 heteroatoms. The Balaban J connectivity index is 1.56. The van der Waals surface area contributed by atoms with Gasteiger partial charge in [0.1, 0.15) is 0 Å². The molecule has 1 aliphatic carbocycles. The molecule has 1 aromatic carbocycles. The fourth-order valence-electron chi connectivity index (χ4n) is 5.52. The van der Waals surface area contributed by atoms with Gasteiger partial charge in [-0.1, -0.05) is 0 Å². The smallest absolute Gasteiger partial charge is 0.418 e. The molecule has 3 N–H and O–H groups in total. The number of halogens is 3. The number of hydrogen-bond donors (Lipinski definition) is 3. The number of carbonyl (C=O) groups excluding carboxylic acids is 1. The van der Waals surface area contributed by atoms with E-state index in [0.29, 0.717) is 45.2 Å². The van der Waals surface area contributed by atoms with Gasteiger partial charge in [0, 0.05) is 37.1 Å². The van der Waals surface area contributed by atoms with Crippen LogP contribution >= 0.6 is 0 Å². The molecule has 3 aliphatic rings. The van der Waals surface area contributed by atoms with Crippen molar-refractivity contribution in [2.24, 2.45) is 5.41 Å². The number of nitrogens with one attached hydrogen (secondary N) is 1. The number of piperidine rings is 1. The quantitative estimate of drug-likeness (QED) is 0.643. The van der Waals surface area contributed by atoms with E-state index in [1.165, 1.54) is 12.1 Å². The number of likely N-dealkylation sites (tertiary alicyclic amines) is 1. The summed E-state index contributed by atoms with van der Waals surface area (Å²) in [4.78, 5) is 27.8. The molecule has 0 aromatic heterocycles. The van der Waals surface area contributed by atoms with Crippen molar-refractivity contribution in [1.29, 1.82) is 0 Å². The molecule has 1 saturated carbocycles. The lowest BCUT2D eigenvalue weighted by molar-refractivity contribution is -0.139. The Hall–Kier alpha value is -2.49. The normalized spacial score (nSPS) is 28.9. The van der Waals surface area contributed by atoms with Crippen molar-refractivity contribution in [2.75, 3.05) is 29.9 Å². The molecule has 2 heterocycles. The number of rotatable bonds is 3. The third kappa shape index (κ3) is 4.37. The Kier molecular flexibility index (Phi) is 6.00. The number of carboxylic acid groups (broad SMARTS) is 1. The fourth-order valence-corrected chi connectivity index (χ4v) is 5.52. The first kappa shape index (κ1) is 22.7. The average Bonchev–Trinajstić information content (AvgIpc) is 3.03. The van der Waals surface area contributed by atoms with Gasteiger partial charge in [-0.25, -0.2) is 4.79 Å². The van der Waals surface area contributed by atoms with Gasteiger partial charge in [-0.3, -0.25) is 10.1 Å². The molecule has 0 unspecified atom stereocenters. The van der Waals surface area contributed by atoms with E-state index in [1.807, 2.05) is 10.2 Å². The minimum Gasteiger partial charge on any atom is -0.465 e. The highest BCUT2D eigenvalue weighted by Crippen LogP contribution is 2.46. The van der Waals surface area contributed by atoms with Crippen LogP contribution in [0.2, 0.25) is 0 Å². The first-order chi connectivity index (χ1) is 15.1. The van der Waals surface area contributed by atoms with Crippen molar-refractivity contribution >= 4 is 23.4 Å². The molecule has 2 saturated heterocycles. The molecule has 4 rings (SSSR count). The van der Waals surface area contributed by atoms with Crippen LogP contribution in [0.1, 0.15) is 50.5 Å². The van der Waals surface area contributed by atoms with Crippen molar-refractivity contribution in [2.45, 2.75) is 63.3 Å².